The Balaban J connectivity index is 1.67. The summed E-state index contributed by atoms with van der Waals surface area (Å²) in [6, 6.07) is 19.6. The molecule has 2 N–H and O–H groups in total. The smallest absolute Gasteiger partial charge is 0.301 e. The molecule has 0 aliphatic rings. The molecule has 4 rings (SSSR count). The molecule has 4 aromatic rings. The van der Waals surface area contributed by atoms with E-state index in [9.17, 15) is 0 Å². The molecule has 0 spiro atoms. The quantitative estimate of drug-likeness (QED) is 0.598. The Morgan fingerprint density at radius 3 is 2.39 bits per heavy atom. The standard InChI is InChI=1S/C17H13N5O/c1-3-7-12(8-4-1)20-15-14-16(19-11-18-15)22-17(21-14)23-13-9-5-2-6-10-13/h1-11H,(H2,18,19,20,21,22). The van der Waals surface area contributed by atoms with Gasteiger partial charge in [0.05, 0.1) is 0 Å². The number of benzene rings is 2. The number of imidazole rings is 1. The monoisotopic (exact) mass is 303 g/mol. The Kier molecular flexibility index (Phi) is 3.32. The third-order valence-electron chi connectivity index (χ3n) is 3.26. The van der Waals surface area contributed by atoms with Gasteiger partial charge in [0.25, 0.3) is 0 Å². The Labute approximate surface area is 132 Å². The van der Waals surface area contributed by atoms with Crippen LogP contribution in [0.15, 0.2) is 67.0 Å². The lowest BCUT2D eigenvalue weighted by Gasteiger charge is -2.05. The van der Waals surface area contributed by atoms with Gasteiger partial charge in [0.15, 0.2) is 11.5 Å². The molecule has 0 unspecified atom stereocenters. The number of nitrogens with one attached hydrogen (secondary N) is 2. The predicted molar refractivity (Wildman–Crippen MR) is 87.9 cm³/mol. The zero-order valence-corrected chi connectivity index (χ0v) is 12.1. The van der Waals surface area contributed by atoms with Crippen LogP contribution in [0.4, 0.5) is 11.5 Å². The van der Waals surface area contributed by atoms with Crippen molar-refractivity contribution in [3.05, 3.63) is 67.0 Å². The molecule has 0 amide bonds. The van der Waals surface area contributed by atoms with Crippen molar-refractivity contribution >= 4 is 22.7 Å². The Hall–Kier alpha value is -3.41. The Bertz CT molecular complexity index is 922. The summed E-state index contributed by atoms with van der Waals surface area (Å²) in [5, 5.41) is 3.25. The van der Waals surface area contributed by atoms with Gasteiger partial charge in [0.1, 0.15) is 17.6 Å². The lowest BCUT2D eigenvalue weighted by atomic mass is 10.3. The highest BCUT2D eigenvalue weighted by Crippen LogP contribution is 2.25. The van der Waals surface area contributed by atoms with E-state index in [-0.39, 0.29) is 0 Å². The van der Waals surface area contributed by atoms with Crippen molar-refractivity contribution in [3.63, 3.8) is 0 Å². The van der Waals surface area contributed by atoms with E-state index in [1.54, 1.807) is 0 Å². The van der Waals surface area contributed by atoms with Crippen LogP contribution in [0.3, 0.4) is 0 Å². The summed E-state index contributed by atoms with van der Waals surface area (Å²) < 4.78 is 5.71. The third kappa shape index (κ3) is 2.82. The largest absolute Gasteiger partial charge is 0.426 e. The molecule has 2 aromatic heterocycles. The first kappa shape index (κ1) is 13.3. The fourth-order valence-corrected chi connectivity index (χ4v) is 2.21. The van der Waals surface area contributed by atoms with E-state index in [0.717, 1.165) is 5.69 Å². The van der Waals surface area contributed by atoms with Crippen molar-refractivity contribution in [2.75, 3.05) is 5.32 Å². The van der Waals surface area contributed by atoms with Gasteiger partial charge in [-0.05, 0) is 24.3 Å². The van der Waals surface area contributed by atoms with Gasteiger partial charge in [-0.3, -0.25) is 0 Å². The Morgan fingerprint density at radius 2 is 1.61 bits per heavy atom. The van der Waals surface area contributed by atoms with E-state index < -0.39 is 0 Å². The van der Waals surface area contributed by atoms with Crippen LogP contribution in [0.5, 0.6) is 11.8 Å². The number of H-pyrrole nitrogens is 1. The summed E-state index contributed by atoms with van der Waals surface area (Å²) in [6.07, 6.45) is 1.47. The number of fused-ring (bicyclic) bond motifs is 1. The number of aromatic nitrogens is 4. The summed E-state index contributed by atoms with van der Waals surface area (Å²) in [4.78, 5) is 15.9. The molecular weight excluding hydrogens is 290 g/mol. The lowest BCUT2D eigenvalue weighted by molar-refractivity contribution is 0.449. The molecule has 0 bridgehead atoms. The molecule has 6 nitrogen and oxygen atoms in total. The molecule has 0 atom stereocenters. The number of anilines is 2. The fourth-order valence-electron chi connectivity index (χ4n) is 2.21. The third-order valence-corrected chi connectivity index (χ3v) is 3.26. The first-order valence-corrected chi connectivity index (χ1v) is 7.14. The molecule has 112 valence electrons. The van der Waals surface area contributed by atoms with E-state index in [4.69, 9.17) is 4.74 Å². The summed E-state index contributed by atoms with van der Waals surface area (Å²) >= 11 is 0. The van der Waals surface area contributed by atoms with Crippen LogP contribution in [0.25, 0.3) is 11.2 Å². The second kappa shape index (κ2) is 5.76. The second-order valence-electron chi connectivity index (χ2n) is 4.87. The van der Waals surface area contributed by atoms with Gasteiger partial charge in [-0.25, -0.2) is 9.97 Å². The SMILES string of the molecule is c1ccc(Nc2ncnc3nc(Oc4ccccc4)[nH]c23)cc1. The average molecular weight is 303 g/mol. The van der Waals surface area contributed by atoms with Crippen LogP contribution < -0.4 is 10.1 Å². The van der Waals surface area contributed by atoms with Gasteiger partial charge in [-0.15, -0.1) is 0 Å². The molecule has 0 saturated heterocycles. The van der Waals surface area contributed by atoms with E-state index in [1.807, 2.05) is 60.7 Å². The van der Waals surface area contributed by atoms with Crippen LogP contribution in [0, 0.1) is 0 Å². The van der Waals surface area contributed by atoms with Gasteiger partial charge >= 0.3 is 6.01 Å². The van der Waals surface area contributed by atoms with Crippen LogP contribution >= 0.6 is 0 Å². The zero-order valence-electron chi connectivity index (χ0n) is 12.1. The van der Waals surface area contributed by atoms with Gasteiger partial charge in [0, 0.05) is 5.69 Å². The average Bonchev–Trinajstić information content (AvgIpc) is 3.00. The topological polar surface area (TPSA) is 75.7 Å². The number of ether oxygens (including phenoxy) is 1. The van der Waals surface area contributed by atoms with E-state index in [2.05, 4.69) is 25.3 Å². The fraction of sp³-hybridized carbons (Fsp3) is 0. The Morgan fingerprint density at radius 1 is 0.870 bits per heavy atom. The van der Waals surface area contributed by atoms with Crippen LogP contribution in [-0.4, -0.2) is 19.9 Å². The number of rotatable bonds is 4. The van der Waals surface area contributed by atoms with Crippen molar-refractivity contribution in [2.45, 2.75) is 0 Å². The first-order chi connectivity index (χ1) is 11.4. The van der Waals surface area contributed by atoms with Gasteiger partial charge in [-0.2, -0.15) is 4.98 Å². The summed E-state index contributed by atoms with van der Waals surface area (Å²) in [5.74, 6) is 1.36. The number of hydrogen-bond acceptors (Lipinski definition) is 5. The van der Waals surface area contributed by atoms with Gasteiger partial charge in [-0.1, -0.05) is 36.4 Å². The molecule has 0 fully saturated rings. The number of nitrogens with zero attached hydrogens (tertiary/aromatic N) is 3. The molecule has 6 heteroatoms. The maximum absolute atomic E-state index is 5.71. The van der Waals surface area contributed by atoms with Crippen LogP contribution in [0.2, 0.25) is 0 Å². The number of hydrogen-bond donors (Lipinski definition) is 2. The second-order valence-corrected chi connectivity index (χ2v) is 4.87. The maximum atomic E-state index is 5.71. The van der Waals surface area contributed by atoms with Crippen molar-refractivity contribution in [2.24, 2.45) is 0 Å². The summed E-state index contributed by atoms with van der Waals surface area (Å²) in [7, 11) is 0. The van der Waals surface area contributed by atoms with Crippen molar-refractivity contribution in [1.82, 2.24) is 19.9 Å². The number of para-hydroxylation sites is 2. The minimum absolute atomic E-state index is 0.378. The summed E-state index contributed by atoms with van der Waals surface area (Å²) in [6.45, 7) is 0. The number of aromatic amines is 1. The lowest BCUT2D eigenvalue weighted by Crippen LogP contribution is -1.95. The zero-order chi connectivity index (χ0) is 15.5. The summed E-state index contributed by atoms with van der Waals surface area (Å²) in [5.41, 5.74) is 2.18. The van der Waals surface area contributed by atoms with Crippen molar-refractivity contribution in [1.29, 1.82) is 0 Å². The molecule has 0 radical (unpaired) electrons. The predicted octanol–water partition coefficient (Wildman–Crippen LogP) is 3.89. The molecule has 0 saturated carbocycles. The molecule has 23 heavy (non-hydrogen) atoms. The van der Waals surface area contributed by atoms with Gasteiger partial charge in [0.2, 0.25) is 0 Å². The van der Waals surface area contributed by atoms with Gasteiger partial charge < -0.3 is 15.0 Å². The first-order valence-electron chi connectivity index (χ1n) is 7.14. The highest BCUT2D eigenvalue weighted by atomic mass is 16.5. The van der Waals surface area contributed by atoms with E-state index in [0.29, 0.717) is 28.7 Å². The highest BCUT2D eigenvalue weighted by Gasteiger charge is 2.11. The molecule has 0 aliphatic heterocycles. The van der Waals surface area contributed by atoms with E-state index >= 15 is 0 Å². The maximum Gasteiger partial charge on any atom is 0.301 e. The van der Waals surface area contributed by atoms with E-state index in [1.165, 1.54) is 6.33 Å². The minimum Gasteiger partial charge on any atom is -0.426 e. The molecule has 2 heterocycles. The molecule has 0 aliphatic carbocycles. The highest BCUT2D eigenvalue weighted by molar-refractivity contribution is 5.85. The molecular formula is C17H13N5O. The van der Waals surface area contributed by atoms with Crippen molar-refractivity contribution < 1.29 is 4.74 Å². The van der Waals surface area contributed by atoms with Crippen molar-refractivity contribution in [3.8, 4) is 11.8 Å². The van der Waals surface area contributed by atoms with Crippen LogP contribution in [-0.2, 0) is 0 Å². The van der Waals surface area contributed by atoms with Crippen LogP contribution in [0.1, 0.15) is 0 Å². The molecule has 2 aromatic carbocycles. The normalized spacial score (nSPS) is 10.6. The minimum atomic E-state index is 0.378.